The van der Waals surface area contributed by atoms with Crippen molar-refractivity contribution in [3.05, 3.63) is 29.6 Å². The molecule has 1 saturated carbocycles. The van der Waals surface area contributed by atoms with E-state index in [4.69, 9.17) is 5.26 Å². The highest BCUT2D eigenvalue weighted by atomic mass is 19.1. The van der Waals surface area contributed by atoms with E-state index in [1.807, 2.05) is 6.07 Å². The lowest BCUT2D eigenvalue weighted by atomic mass is 9.70. The number of piperidine rings is 1. The van der Waals surface area contributed by atoms with Gasteiger partial charge in [0.15, 0.2) is 0 Å². The van der Waals surface area contributed by atoms with Crippen molar-refractivity contribution < 1.29 is 9.18 Å². The summed E-state index contributed by atoms with van der Waals surface area (Å²) >= 11 is 0. The van der Waals surface area contributed by atoms with Crippen molar-refractivity contribution in [3.8, 4) is 6.07 Å². The molecule has 1 saturated heterocycles. The molecule has 2 aliphatic rings. The lowest BCUT2D eigenvalue weighted by molar-refractivity contribution is -0.126. The summed E-state index contributed by atoms with van der Waals surface area (Å²) in [4.78, 5) is 14.4. The fraction of sp³-hybridized carbons (Fsp3) is 0.579. The highest BCUT2D eigenvalue weighted by molar-refractivity contribution is 5.84. The Labute approximate surface area is 137 Å². The first-order valence-electron chi connectivity index (χ1n) is 8.60. The topological polar surface area (TPSA) is 44.1 Å². The van der Waals surface area contributed by atoms with E-state index in [0.29, 0.717) is 24.4 Å². The second-order valence-corrected chi connectivity index (χ2v) is 6.87. The van der Waals surface area contributed by atoms with E-state index in [0.717, 1.165) is 44.3 Å². The van der Waals surface area contributed by atoms with E-state index in [2.05, 4.69) is 11.0 Å². The van der Waals surface area contributed by atoms with Crippen LogP contribution in [0.25, 0.3) is 0 Å². The maximum atomic E-state index is 14.1. The Morgan fingerprint density at radius 2 is 2.00 bits per heavy atom. The Kier molecular flexibility index (Phi) is 4.95. The van der Waals surface area contributed by atoms with Gasteiger partial charge in [-0.05, 0) is 55.7 Å². The van der Waals surface area contributed by atoms with Gasteiger partial charge in [0.05, 0.1) is 11.8 Å². The first kappa shape index (κ1) is 16.0. The minimum Gasteiger partial charge on any atom is -0.369 e. The van der Waals surface area contributed by atoms with Gasteiger partial charge >= 0.3 is 0 Å². The molecule has 1 aromatic rings. The van der Waals surface area contributed by atoms with Gasteiger partial charge in [-0.3, -0.25) is 4.79 Å². The zero-order chi connectivity index (χ0) is 16.2. The van der Waals surface area contributed by atoms with Gasteiger partial charge < -0.3 is 4.90 Å². The second-order valence-electron chi connectivity index (χ2n) is 6.87. The molecule has 23 heavy (non-hydrogen) atoms. The number of ketones is 1. The number of nitriles is 1. The van der Waals surface area contributed by atoms with Crippen LogP contribution >= 0.6 is 0 Å². The predicted molar refractivity (Wildman–Crippen MR) is 87.6 cm³/mol. The van der Waals surface area contributed by atoms with Crippen LogP contribution in [0.2, 0.25) is 0 Å². The van der Waals surface area contributed by atoms with Crippen LogP contribution in [-0.2, 0) is 11.2 Å². The Hall–Kier alpha value is -1.89. The summed E-state index contributed by atoms with van der Waals surface area (Å²) < 4.78 is 14.1. The lowest BCUT2D eigenvalue weighted by Crippen LogP contribution is -2.32. The molecule has 0 aromatic heterocycles. The fourth-order valence-corrected chi connectivity index (χ4v) is 3.69. The Bertz CT molecular complexity index is 610. The van der Waals surface area contributed by atoms with E-state index >= 15 is 0 Å². The third-order valence-corrected chi connectivity index (χ3v) is 5.16. The first-order chi connectivity index (χ1) is 11.2. The molecule has 1 heterocycles. The molecule has 1 aliphatic carbocycles. The number of hydrogen-bond donors (Lipinski definition) is 0. The van der Waals surface area contributed by atoms with Gasteiger partial charge in [-0.1, -0.05) is 6.07 Å². The lowest BCUT2D eigenvalue weighted by Gasteiger charge is -2.33. The summed E-state index contributed by atoms with van der Waals surface area (Å²) in [7, 11) is 0. The van der Waals surface area contributed by atoms with Gasteiger partial charge in [0.25, 0.3) is 0 Å². The maximum absolute atomic E-state index is 14.1. The molecule has 2 fully saturated rings. The van der Waals surface area contributed by atoms with Crippen LogP contribution in [0, 0.1) is 29.0 Å². The van der Waals surface area contributed by atoms with Crippen LogP contribution in [0.1, 0.15) is 44.1 Å². The number of carbonyl (C=O) groups is 1. The van der Waals surface area contributed by atoms with Crippen molar-refractivity contribution in [1.82, 2.24) is 0 Å². The normalized spacial score (nSPS) is 23.9. The minimum absolute atomic E-state index is 0.0943. The molecule has 0 spiro atoms. The number of rotatable bonds is 5. The first-order valence-corrected chi connectivity index (χ1v) is 8.60. The van der Waals surface area contributed by atoms with Crippen LogP contribution in [-0.4, -0.2) is 18.9 Å². The molecular weight excluding hydrogens is 291 g/mol. The average Bonchev–Trinajstić information content (AvgIpc) is 2.53. The molecule has 4 heteroatoms. The average molecular weight is 314 g/mol. The van der Waals surface area contributed by atoms with Crippen LogP contribution < -0.4 is 4.90 Å². The zero-order valence-electron chi connectivity index (χ0n) is 13.4. The van der Waals surface area contributed by atoms with Gasteiger partial charge in [-0.2, -0.15) is 5.26 Å². The van der Waals surface area contributed by atoms with Crippen molar-refractivity contribution in [2.45, 2.75) is 44.9 Å². The van der Waals surface area contributed by atoms with Gasteiger partial charge in [0.2, 0.25) is 0 Å². The number of nitrogens with zero attached hydrogens (tertiary/aromatic N) is 2. The van der Waals surface area contributed by atoms with Crippen molar-refractivity contribution in [2.24, 2.45) is 11.8 Å². The largest absolute Gasteiger partial charge is 0.369 e. The quantitative estimate of drug-likeness (QED) is 0.828. The summed E-state index contributed by atoms with van der Waals surface area (Å²) in [6.45, 7) is 1.79. The molecule has 0 N–H and O–H groups in total. The third kappa shape index (κ3) is 3.72. The molecule has 0 radical (unpaired) electrons. The van der Waals surface area contributed by atoms with Gasteiger partial charge in [-0.25, -0.2) is 4.39 Å². The van der Waals surface area contributed by atoms with Crippen LogP contribution in [0.15, 0.2) is 18.2 Å². The van der Waals surface area contributed by atoms with Crippen molar-refractivity contribution >= 4 is 11.5 Å². The molecule has 1 aliphatic heterocycles. The monoisotopic (exact) mass is 314 g/mol. The van der Waals surface area contributed by atoms with E-state index in [1.165, 1.54) is 12.5 Å². The summed E-state index contributed by atoms with van der Waals surface area (Å²) in [5, 5.41) is 8.67. The van der Waals surface area contributed by atoms with Crippen LogP contribution in [0.5, 0.6) is 0 Å². The zero-order valence-corrected chi connectivity index (χ0v) is 13.4. The molecule has 3 nitrogen and oxygen atoms in total. The second kappa shape index (κ2) is 7.12. The van der Waals surface area contributed by atoms with Crippen molar-refractivity contribution in [2.75, 3.05) is 18.0 Å². The number of carbonyl (C=O) groups excluding carboxylic acids is 1. The highest BCUT2D eigenvalue weighted by Crippen LogP contribution is 2.37. The smallest absolute Gasteiger partial charge is 0.146 e. The van der Waals surface area contributed by atoms with Crippen LogP contribution in [0.3, 0.4) is 0 Å². The standard InChI is InChI=1S/C19H23FN2O/c20-17-5-4-14(12-18(17)22-8-2-1-3-9-22)13-19(23)16-10-15(11-16)6-7-21/h4-5,12,15-16H,1-3,6,8-11,13H2. The van der Waals surface area contributed by atoms with E-state index in [1.54, 1.807) is 6.07 Å². The molecule has 3 rings (SSSR count). The number of anilines is 1. The number of benzene rings is 1. The number of halogens is 1. The Morgan fingerprint density at radius 3 is 2.70 bits per heavy atom. The fourth-order valence-electron chi connectivity index (χ4n) is 3.69. The predicted octanol–water partition coefficient (Wildman–Crippen LogP) is 3.87. The number of hydrogen-bond acceptors (Lipinski definition) is 3. The summed E-state index contributed by atoms with van der Waals surface area (Å²) in [5.41, 5.74) is 1.55. The van der Waals surface area contributed by atoms with Crippen molar-refractivity contribution in [3.63, 3.8) is 0 Å². The highest BCUT2D eigenvalue weighted by Gasteiger charge is 2.33. The number of Topliss-reactive ketones (excluding diaryl/α,β-unsaturated/α-hetero) is 1. The van der Waals surface area contributed by atoms with Crippen LogP contribution in [0.4, 0.5) is 10.1 Å². The van der Waals surface area contributed by atoms with Gasteiger partial charge in [-0.15, -0.1) is 0 Å². The van der Waals surface area contributed by atoms with Crippen molar-refractivity contribution in [1.29, 1.82) is 5.26 Å². The maximum Gasteiger partial charge on any atom is 0.146 e. The Balaban J connectivity index is 1.62. The third-order valence-electron chi connectivity index (χ3n) is 5.16. The Morgan fingerprint density at radius 1 is 1.26 bits per heavy atom. The molecule has 0 atom stereocenters. The summed E-state index contributed by atoms with van der Waals surface area (Å²) in [6.07, 6.45) is 6.03. The summed E-state index contributed by atoms with van der Waals surface area (Å²) in [6, 6.07) is 7.24. The SMILES string of the molecule is N#CCC1CC(C(=O)Cc2ccc(F)c(N3CCCCC3)c2)C1. The van der Waals surface area contributed by atoms with E-state index in [9.17, 15) is 9.18 Å². The van der Waals surface area contributed by atoms with E-state index in [-0.39, 0.29) is 17.5 Å². The molecule has 122 valence electrons. The molecule has 0 amide bonds. The van der Waals surface area contributed by atoms with Gasteiger partial charge in [0.1, 0.15) is 11.6 Å². The molecular formula is C19H23FN2O. The summed E-state index contributed by atoms with van der Waals surface area (Å²) in [5.74, 6) is 0.527. The molecule has 1 aromatic carbocycles. The molecule has 0 unspecified atom stereocenters. The minimum atomic E-state index is -0.194. The van der Waals surface area contributed by atoms with E-state index < -0.39 is 0 Å². The van der Waals surface area contributed by atoms with Gasteiger partial charge in [0, 0.05) is 31.8 Å². The molecule has 0 bridgehead atoms.